The number of aromatic nitrogens is 1. The Bertz CT molecular complexity index is 445. The number of oxime groups is 1. The molecule has 1 aromatic rings. The van der Waals surface area contributed by atoms with Gasteiger partial charge in [-0.15, -0.1) is 11.3 Å². The lowest BCUT2D eigenvalue weighted by Gasteiger charge is -1.95. The standard InChI is InChI=1S/C11H13F3N2OS2/c1-2-17-15-5-3-8-7-19-11(16-8)18-6-4-9(12)10(13)14/h5,7H,2-4,6H2,1H3/b15-5+. The van der Waals surface area contributed by atoms with Crippen LogP contribution in [0.3, 0.4) is 0 Å². The highest BCUT2D eigenvalue weighted by molar-refractivity contribution is 8.01. The predicted molar refractivity (Wildman–Crippen MR) is 71.6 cm³/mol. The Morgan fingerprint density at radius 3 is 3.00 bits per heavy atom. The van der Waals surface area contributed by atoms with Gasteiger partial charge in [0.25, 0.3) is 0 Å². The zero-order valence-corrected chi connectivity index (χ0v) is 11.9. The monoisotopic (exact) mass is 310 g/mol. The summed E-state index contributed by atoms with van der Waals surface area (Å²) in [5.41, 5.74) is 0.823. The summed E-state index contributed by atoms with van der Waals surface area (Å²) >= 11 is 2.65. The Balaban J connectivity index is 2.33. The van der Waals surface area contributed by atoms with Crippen molar-refractivity contribution in [3.8, 4) is 0 Å². The van der Waals surface area contributed by atoms with Crippen LogP contribution >= 0.6 is 23.1 Å². The van der Waals surface area contributed by atoms with E-state index >= 15 is 0 Å². The average Bonchev–Trinajstić information content (AvgIpc) is 2.82. The van der Waals surface area contributed by atoms with Gasteiger partial charge in [0, 0.05) is 30.2 Å². The molecule has 3 nitrogen and oxygen atoms in total. The van der Waals surface area contributed by atoms with Crippen molar-refractivity contribution >= 4 is 29.3 Å². The van der Waals surface area contributed by atoms with E-state index in [0.29, 0.717) is 13.0 Å². The second kappa shape index (κ2) is 8.98. The quantitative estimate of drug-likeness (QED) is 0.408. The van der Waals surface area contributed by atoms with Crippen LogP contribution in [-0.2, 0) is 11.3 Å². The van der Waals surface area contributed by atoms with Crippen molar-refractivity contribution in [2.24, 2.45) is 5.16 Å². The van der Waals surface area contributed by atoms with Crippen LogP contribution in [0.1, 0.15) is 19.0 Å². The number of hydrogen-bond acceptors (Lipinski definition) is 5. The SMILES string of the molecule is CCO/N=C/Cc1csc(SCCC(F)=C(F)F)n1. The molecule has 0 N–H and O–H groups in total. The van der Waals surface area contributed by atoms with Crippen LogP contribution < -0.4 is 0 Å². The van der Waals surface area contributed by atoms with Gasteiger partial charge in [0.05, 0.1) is 5.69 Å². The normalized spacial score (nSPS) is 10.9. The van der Waals surface area contributed by atoms with Gasteiger partial charge >= 0.3 is 6.08 Å². The van der Waals surface area contributed by atoms with Gasteiger partial charge in [-0.25, -0.2) is 9.37 Å². The number of thioether (sulfide) groups is 1. The lowest BCUT2D eigenvalue weighted by Crippen LogP contribution is -1.88. The van der Waals surface area contributed by atoms with Crippen LogP contribution in [0.5, 0.6) is 0 Å². The van der Waals surface area contributed by atoms with E-state index in [4.69, 9.17) is 4.84 Å². The fourth-order valence-corrected chi connectivity index (χ4v) is 2.89. The first kappa shape index (κ1) is 16.0. The lowest BCUT2D eigenvalue weighted by atomic mass is 10.4. The maximum absolute atomic E-state index is 12.5. The summed E-state index contributed by atoms with van der Waals surface area (Å²) in [7, 11) is 0. The van der Waals surface area contributed by atoms with Crippen molar-refractivity contribution in [2.75, 3.05) is 12.4 Å². The number of rotatable bonds is 8. The fourth-order valence-electron chi connectivity index (χ4n) is 1.03. The Morgan fingerprint density at radius 2 is 2.32 bits per heavy atom. The third kappa shape index (κ3) is 6.63. The first-order valence-electron chi connectivity index (χ1n) is 5.54. The molecule has 0 aromatic carbocycles. The van der Waals surface area contributed by atoms with E-state index in [0.717, 1.165) is 10.0 Å². The largest absolute Gasteiger partial charge is 0.396 e. The highest BCUT2D eigenvalue weighted by Crippen LogP contribution is 2.25. The summed E-state index contributed by atoms with van der Waals surface area (Å²) in [6.45, 7) is 2.35. The molecule has 1 heterocycles. The molecule has 0 saturated heterocycles. The number of thiazole rings is 1. The molecule has 0 radical (unpaired) electrons. The molecule has 0 bridgehead atoms. The van der Waals surface area contributed by atoms with Gasteiger partial charge in [0.1, 0.15) is 10.9 Å². The molecule has 0 unspecified atom stereocenters. The van der Waals surface area contributed by atoms with Crippen LogP contribution in [-0.4, -0.2) is 23.6 Å². The topological polar surface area (TPSA) is 34.5 Å². The number of nitrogens with zero attached hydrogens (tertiary/aromatic N) is 2. The first-order chi connectivity index (χ1) is 9.13. The van der Waals surface area contributed by atoms with E-state index in [2.05, 4.69) is 10.1 Å². The second-order valence-corrected chi connectivity index (χ2v) is 5.48. The summed E-state index contributed by atoms with van der Waals surface area (Å²) < 4.78 is 36.9. The molecule has 19 heavy (non-hydrogen) atoms. The molecule has 1 aromatic heterocycles. The van der Waals surface area contributed by atoms with Gasteiger partial charge in [0.2, 0.25) is 0 Å². The minimum Gasteiger partial charge on any atom is -0.396 e. The Morgan fingerprint density at radius 1 is 1.53 bits per heavy atom. The molecule has 0 amide bonds. The molecule has 0 aliphatic carbocycles. The van der Waals surface area contributed by atoms with E-state index in [9.17, 15) is 13.2 Å². The molecular formula is C11H13F3N2OS2. The van der Waals surface area contributed by atoms with Crippen LogP contribution in [0.2, 0.25) is 0 Å². The molecule has 0 aliphatic heterocycles. The molecule has 1 rings (SSSR count). The Kier molecular flexibility index (Phi) is 7.57. The smallest absolute Gasteiger partial charge is 0.301 e. The molecule has 8 heteroatoms. The molecule has 0 saturated carbocycles. The van der Waals surface area contributed by atoms with Crippen molar-refractivity contribution < 1.29 is 18.0 Å². The number of hydrogen-bond donors (Lipinski definition) is 0. The van der Waals surface area contributed by atoms with Crippen LogP contribution in [0.25, 0.3) is 0 Å². The average molecular weight is 310 g/mol. The number of halogens is 3. The van der Waals surface area contributed by atoms with Gasteiger partial charge in [-0.3, -0.25) is 0 Å². The highest BCUT2D eigenvalue weighted by Gasteiger charge is 2.07. The minimum absolute atomic E-state index is 0.239. The Labute approximate surface area is 117 Å². The molecule has 0 aliphatic rings. The van der Waals surface area contributed by atoms with Gasteiger partial charge in [-0.2, -0.15) is 8.78 Å². The van der Waals surface area contributed by atoms with E-state index < -0.39 is 11.9 Å². The van der Waals surface area contributed by atoms with E-state index in [1.54, 1.807) is 6.21 Å². The molecule has 0 spiro atoms. The zero-order valence-electron chi connectivity index (χ0n) is 10.2. The highest BCUT2D eigenvalue weighted by atomic mass is 32.2. The van der Waals surface area contributed by atoms with Gasteiger partial charge in [0.15, 0.2) is 5.83 Å². The molecule has 0 atom stereocenters. The molecular weight excluding hydrogens is 297 g/mol. The van der Waals surface area contributed by atoms with Crippen molar-refractivity contribution in [1.82, 2.24) is 4.98 Å². The fraction of sp³-hybridized carbons (Fsp3) is 0.455. The summed E-state index contributed by atoms with van der Waals surface area (Å²) in [6, 6.07) is 0. The molecule has 106 valence electrons. The molecule has 0 fully saturated rings. The van der Waals surface area contributed by atoms with Gasteiger partial charge in [-0.05, 0) is 6.92 Å². The third-order valence-electron chi connectivity index (χ3n) is 1.86. The zero-order chi connectivity index (χ0) is 14.1. The van der Waals surface area contributed by atoms with E-state index in [1.807, 2.05) is 12.3 Å². The first-order valence-corrected chi connectivity index (χ1v) is 7.40. The summed E-state index contributed by atoms with van der Waals surface area (Å²) in [4.78, 5) is 9.06. The van der Waals surface area contributed by atoms with Gasteiger partial charge in [-0.1, -0.05) is 16.9 Å². The Hall–Kier alpha value is -1.02. The predicted octanol–water partition coefficient (Wildman–Crippen LogP) is 4.27. The van der Waals surface area contributed by atoms with Crippen LogP contribution in [0, 0.1) is 0 Å². The minimum atomic E-state index is -2.24. The summed E-state index contributed by atoms with van der Waals surface area (Å²) in [5.74, 6) is -1.11. The van der Waals surface area contributed by atoms with Crippen LogP contribution in [0.15, 0.2) is 26.8 Å². The van der Waals surface area contributed by atoms with E-state index in [1.165, 1.54) is 23.1 Å². The second-order valence-electron chi connectivity index (χ2n) is 3.28. The number of allylic oxidation sites excluding steroid dienone is 1. The van der Waals surface area contributed by atoms with Crippen molar-refractivity contribution in [1.29, 1.82) is 0 Å². The summed E-state index contributed by atoms with van der Waals surface area (Å²) in [5, 5.41) is 5.54. The maximum atomic E-state index is 12.5. The third-order valence-corrected chi connectivity index (χ3v) is 3.93. The lowest BCUT2D eigenvalue weighted by molar-refractivity contribution is 0.160. The van der Waals surface area contributed by atoms with Gasteiger partial charge < -0.3 is 4.84 Å². The van der Waals surface area contributed by atoms with Crippen molar-refractivity contribution in [2.45, 2.75) is 24.1 Å². The van der Waals surface area contributed by atoms with E-state index in [-0.39, 0.29) is 12.2 Å². The van der Waals surface area contributed by atoms with Crippen molar-refractivity contribution in [3.63, 3.8) is 0 Å². The van der Waals surface area contributed by atoms with Crippen LogP contribution in [0.4, 0.5) is 13.2 Å². The van der Waals surface area contributed by atoms with Crippen molar-refractivity contribution in [3.05, 3.63) is 23.0 Å². The maximum Gasteiger partial charge on any atom is 0.301 e. The summed E-state index contributed by atoms with van der Waals surface area (Å²) in [6.07, 6.45) is -0.376.